The van der Waals surface area contributed by atoms with E-state index in [0.717, 1.165) is 31.5 Å². The lowest BCUT2D eigenvalue weighted by molar-refractivity contribution is 0.158. The van der Waals surface area contributed by atoms with Crippen molar-refractivity contribution in [1.82, 2.24) is 5.32 Å². The van der Waals surface area contributed by atoms with Crippen molar-refractivity contribution in [3.05, 3.63) is 59.2 Å². The number of aliphatic hydroxyl groups is 1. The van der Waals surface area contributed by atoms with Gasteiger partial charge in [0.25, 0.3) is 0 Å². The minimum Gasteiger partial charge on any atom is -0.388 e. The second-order valence-electron chi connectivity index (χ2n) is 7.47. The highest BCUT2D eigenvalue weighted by molar-refractivity contribution is 5.70. The van der Waals surface area contributed by atoms with Crippen LogP contribution in [0.4, 0.5) is 0 Å². The summed E-state index contributed by atoms with van der Waals surface area (Å²) in [6.45, 7) is 6.54. The zero-order chi connectivity index (χ0) is 16.0. The highest BCUT2D eigenvalue weighted by atomic mass is 16.3. The van der Waals surface area contributed by atoms with Crippen LogP contribution in [0.25, 0.3) is 11.1 Å². The average Bonchev–Trinajstić information content (AvgIpc) is 3.13. The van der Waals surface area contributed by atoms with Gasteiger partial charge in [-0.3, -0.25) is 0 Å². The molecule has 1 aliphatic heterocycles. The van der Waals surface area contributed by atoms with Crippen molar-refractivity contribution in [2.24, 2.45) is 0 Å². The van der Waals surface area contributed by atoms with Crippen molar-refractivity contribution in [3.8, 4) is 11.1 Å². The Morgan fingerprint density at radius 1 is 1.17 bits per heavy atom. The fraction of sp³-hybridized carbons (Fsp3) is 0.429. The topological polar surface area (TPSA) is 32.3 Å². The van der Waals surface area contributed by atoms with E-state index in [1.807, 2.05) is 0 Å². The molecule has 0 radical (unpaired) electrons. The lowest BCUT2D eigenvalue weighted by Gasteiger charge is -2.24. The third-order valence-electron chi connectivity index (χ3n) is 5.71. The van der Waals surface area contributed by atoms with Gasteiger partial charge >= 0.3 is 0 Å². The Morgan fingerprint density at radius 2 is 2.00 bits per heavy atom. The van der Waals surface area contributed by atoms with Gasteiger partial charge in [0.05, 0.1) is 6.10 Å². The first kappa shape index (κ1) is 14.9. The largest absolute Gasteiger partial charge is 0.388 e. The quantitative estimate of drug-likeness (QED) is 0.874. The zero-order valence-electron chi connectivity index (χ0n) is 14.0. The third-order valence-corrected chi connectivity index (χ3v) is 5.71. The minimum atomic E-state index is -0.306. The Labute approximate surface area is 138 Å². The molecule has 0 amide bonds. The molecule has 120 valence electrons. The SMILES string of the molecule is CC(C)c1ccccc1-c1ccc2c(c1)C1(CCNC1)CC2O. The molecular formula is C21H25NO. The molecule has 23 heavy (non-hydrogen) atoms. The van der Waals surface area contributed by atoms with Gasteiger partial charge in [0.1, 0.15) is 0 Å². The van der Waals surface area contributed by atoms with Crippen molar-refractivity contribution in [2.75, 3.05) is 13.1 Å². The number of benzene rings is 2. The van der Waals surface area contributed by atoms with E-state index >= 15 is 0 Å². The molecule has 2 heteroatoms. The number of nitrogens with one attached hydrogen (secondary N) is 1. The van der Waals surface area contributed by atoms with Crippen molar-refractivity contribution in [1.29, 1.82) is 0 Å². The van der Waals surface area contributed by atoms with Crippen molar-refractivity contribution < 1.29 is 5.11 Å². The molecule has 2 nitrogen and oxygen atoms in total. The molecule has 0 saturated carbocycles. The number of hydrogen-bond acceptors (Lipinski definition) is 2. The molecule has 1 fully saturated rings. The Bertz CT molecular complexity index is 728. The molecular weight excluding hydrogens is 282 g/mol. The summed E-state index contributed by atoms with van der Waals surface area (Å²) in [5.41, 5.74) is 6.65. The maximum atomic E-state index is 10.5. The standard InChI is InChI=1S/C21H25NO/c1-14(2)16-5-3-4-6-17(16)15-7-8-18-19(11-15)21(12-20(18)23)9-10-22-13-21/h3-8,11,14,20,22-23H,9-10,12-13H2,1-2H3. The van der Waals surface area contributed by atoms with Gasteiger partial charge in [-0.05, 0) is 53.1 Å². The van der Waals surface area contributed by atoms with Crippen LogP contribution < -0.4 is 5.32 Å². The molecule has 1 saturated heterocycles. The van der Waals surface area contributed by atoms with E-state index in [0.29, 0.717) is 5.92 Å². The van der Waals surface area contributed by atoms with Gasteiger partial charge in [-0.15, -0.1) is 0 Å². The van der Waals surface area contributed by atoms with Crippen LogP contribution in [0.15, 0.2) is 42.5 Å². The molecule has 2 unspecified atom stereocenters. The molecule has 1 spiro atoms. The number of hydrogen-bond donors (Lipinski definition) is 2. The van der Waals surface area contributed by atoms with Gasteiger partial charge < -0.3 is 10.4 Å². The fourth-order valence-electron chi connectivity index (χ4n) is 4.47. The Balaban J connectivity index is 1.85. The van der Waals surface area contributed by atoms with Crippen molar-refractivity contribution in [2.45, 2.75) is 44.1 Å². The summed E-state index contributed by atoms with van der Waals surface area (Å²) in [7, 11) is 0. The number of fused-ring (bicyclic) bond motifs is 2. The van der Waals surface area contributed by atoms with Crippen LogP contribution >= 0.6 is 0 Å². The van der Waals surface area contributed by atoms with Crippen LogP contribution in [0.3, 0.4) is 0 Å². The first-order valence-electron chi connectivity index (χ1n) is 8.73. The van der Waals surface area contributed by atoms with E-state index in [4.69, 9.17) is 0 Å². The van der Waals surface area contributed by atoms with Crippen LogP contribution in [-0.2, 0) is 5.41 Å². The lowest BCUT2D eigenvalue weighted by atomic mass is 9.80. The van der Waals surface area contributed by atoms with E-state index in [1.54, 1.807) is 0 Å². The van der Waals surface area contributed by atoms with Gasteiger partial charge in [-0.1, -0.05) is 56.3 Å². The van der Waals surface area contributed by atoms with Crippen LogP contribution in [0.5, 0.6) is 0 Å². The number of aliphatic hydroxyl groups excluding tert-OH is 1. The monoisotopic (exact) mass is 307 g/mol. The van der Waals surface area contributed by atoms with Crippen molar-refractivity contribution in [3.63, 3.8) is 0 Å². The maximum absolute atomic E-state index is 10.5. The smallest absolute Gasteiger partial charge is 0.0801 e. The van der Waals surface area contributed by atoms with Gasteiger partial charge in [0.15, 0.2) is 0 Å². The molecule has 0 aromatic heterocycles. The Morgan fingerprint density at radius 3 is 2.74 bits per heavy atom. The molecule has 2 aliphatic rings. The van der Waals surface area contributed by atoms with Crippen LogP contribution in [0.1, 0.15) is 55.4 Å². The Kier molecular flexibility index (Phi) is 3.55. The third kappa shape index (κ3) is 2.32. The second kappa shape index (κ2) is 5.47. The summed E-state index contributed by atoms with van der Waals surface area (Å²) in [6.07, 6.45) is 1.69. The zero-order valence-corrected chi connectivity index (χ0v) is 14.0. The normalized spacial score (nSPS) is 26.2. The van der Waals surface area contributed by atoms with E-state index < -0.39 is 0 Å². The average molecular weight is 307 g/mol. The molecule has 1 heterocycles. The van der Waals surface area contributed by atoms with E-state index in [1.165, 1.54) is 22.3 Å². The molecule has 0 bridgehead atoms. The highest BCUT2D eigenvalue weighted by Crippen LogP contribution is 2.49. The van der Waals surface area contributed by atoms with Gasteiger partial charge in [0.2, 0.25) is 0 Å². The van der Waals surface area contributed by atoms with E-state index in [9.17, 15) is 5.11 Å². The Hall–Kier alpha value is -1.64. The first-order valence-corrected chi connectivity index (χ1v) is 8.73. The van der Waals surface area contributed by atoms with Crippen LogP contribution in [-0.4, -0.2) is 18.2 Å². The lowest BCUT2D eigenvalue weighted by Crippen LogP contribution is -2.26. The summed E-state index contributed by atoms with van der Waals surface area (Å²) < 4.78 is 0. The molecule has 2 aromatic rings. The second-order valence-corrected chi connectivity index (χ2v) is 7.47. The van der Waals surface area contributed by atoms with Crippen molar-refractivity contribution >= 4 is 0 Å². The predicted molar refractivity (Wildman–Crippen MR) is 94.7 cm³/mol. The molecule has 4 rings (SSSR count). The van der Waals surface area contributed by atoms with E-state index in [2.05, 4.69) is 61.6 Å². The molecule has 1 aliphatic carbocycles. The minimum absolute atomic E-state index is 0.136. The molecule has 2 atom stereocenters. The summed E-state index contributed by atoms with van der Waals surface area (Å²) in [4.78, 5) is 0. The van der Waals surface area contributed by atoms with Gasteiger partial charge in [-0.25, -0.2) is 0 Å². The van der Waals surface area contributed by atoms with Crippen LogP contribution in [0.2, 0.25) is 0 Å². The fourth-order valence-corrected chi connectivity index (χ4v) is 4.47. The summed E-state index contributed by atoms with van der Waals surface area (Å²) in [5.74, 6) is 0.507. The van der Waals surface area contributed by atoms with Crippen LogP contribution in [0, 0.1) is 0 Å². The highest BCUT2D eigenvalue weighted by Gasteiger charge is 2.45. The molecule has 2 N–H and O–H groups in total. The maximum Gasteiger partial charge on any atom is 0.0801 e. The van der Waals surface area contributed by atoms with E-state index in [-0.39, 0.29) is 11.5 Å². The van der Waals surface area contributed by atoms with Gasteiger partial charge in [0, 0.05) is 12.0 Å². The summed E-state index contributed by atoms with van der Waals surface area (Å²) >= 11 is 0. The molecule has 2 aromatic carbocycles. The van der Waals surface area contributed by atoms with Gasteiger partial charge in [-0.2, -0.15) is 0 Å². The summed E-state index contributed by atoms with van der Waals surface area (Å²) in [6, 6.07) is 15.4. The first-order chi connectivity index (χ1) is 11.1. The predicted octanol–water partition coefficient (Wildman–Crippen LogP) is 4.15. The number of rotatable bonds is 2. The summed E-state index contributed by atoms with van der Waals surface area (Å²) in [5, 5.41) is 14.0.